The number of benzene rings is 4. The number of fused-ring (bicyclic) bond motifs is 5. The molecule has 6 nitrogen and oxygen atoms in total. The van der Waals surface area contributed by atoms with Gasteiger partial charge in [-0.1, -0.05) is 83.9 Å². The zero-order valence-electron chi connectivity index (χ0n) is 23.1. The maximum atomic E-state index is 15.0. The Hall–Kier alpha value is -4.97. The van der Waals surface area contributed by atoms with Gasteiger partial charge >= 0.3 is 0 Å². The standard InChI is InChI=1S/C35H28N2O4/c1-21-12-15-24(16-13-21)19-37-33(39)32-30(31(38)26-18-22(2)14-17-29(26)41-32)35(37)27-10-6-7-11-28(27)36(34(35)40)20-25-9-5-4-8-23(25)3/h4-18H,19-20H2,1-3H3. The highest BCUT2D eigenvalue weighted by Crippen LogP contribution is 2.53. The lowest BCUT2D eigenvalue weighted by molar-refractivity contribution is -0.126. The molecule has 2 aliphatic rings. The molecule has 1 atom stereocenters. The van der Waals surface area contributed by atoms with Gasteiger partial charge < -0.3 is 14.2 Å². The zero-order chi connectivity index (χ0) is 28.5. The van der Waals surface area contributed by atoms with E-state index in [1.807, 2.05) is 99.6 Å². The van der Waals surface area contributed by atoms with Crippen LogP contribution in [0.2, 0.25) is 0 Å². The molecule has 1 aromatic heterocycles. The summed E-state index contributed by atoms with van der Waals surface area (Å²) in [7, 11) is 0. The Morgan fingerprint density at radius 2 is 1.46 bits per heavy atom. The Bertz CT molecular complexity index is 1960. The van der Waals surface area contributed by atoms with Crippen molar-refractivity contribution in [3.8, 4) is 0 Å². The number of para-hydroxylation sites is 1. The molecule has 4 aromatic carbocycles. The van der Waals surface area contributed by atoms with E-state index in [9.17, 15) is 14.4 Å². The molecule has 2 amide bonds. The SMILES string of the molecule is Cc1ccc(CN2C(=O)c3oc4ccc(C)cc4c(=O)c3C23C(=O)N(Cc2ccccc2C)c2ccccc23)cc1. The second-order valence-electron chi connectivity index (χ2n) is 11.1. The minimum Gasteiger partial charge on any atom is -0.450 e. The lowest BCUT2D eigenvalue weighted by atomic mass is 9.83. The van der Waals surface area contributed by atoms with Crippen LogP contribution in [0.1, 0.15) is 49.5 Å². The summed E-state index contributed by atoms with van der Waals surface area (Å²) in [6.07, 6.45) is 0. The van der Waals surface area contributed by atoms with Crippen molar-refractivity contribution < 1.29 is 14.0 Å². The molecule has 1 unspecified atom stereocenters. The van der Waals surface area contributed by atoms with E-state index in [2.05, 4.69) is 0 Å². The van der Waals surface area contributed by atoms with Crippen molar-refractivity contribution in [2.75, 3.05) is 4.90 Å². The van der Waals surface area contributed by atoms with Gasteiger partial charge in [0, 0.05) is 12.1 Å². The summed E-state index contributed by atoms with van der Waals surface area (Å²) in [5, 5.41) is 0.357. The molecule has 0 aliphatic carbocycles. The van der Waals surface area contributed by atoms with Crippen LogP contribution in [0.3, 0.4) is 0 Å². The molecular weight excluding hydrogens is 512 g/mol. The first-order chi connectivity index (χ1) is 19.8. The fourth-order valence-corrected chi connectivity index (χ4v) is 6.32. The molecule has 0 radical (unpaired) electrons. The van der Waals surface area contributed by atoms with Gasteiger partial charge in [0.15, 0.2) is 11.0 Å². The molecule has 0 saturated carbocycles. The third-order valence-electron chi connectivity index (χ3n) is 8.44. The summed E-state index contributed by atoms with van der Waals surface area (Å²) in [5.41, 5.74) is 4.57. The normalized spacial score (nSPS) is 17.5. The van der Waals surface area contributed by atoms with Crippen LogP contribution in [0, 0.1) is 20.8 Å². The molecule has 202 valence electrons. The molecule has 0 fully saturated rings. The lowest BCUT2D eigenvalue weighted by Crippen LogP contribution is -2.53. The average molecular weight is 541 g/mol. The molecular formula is C35H28N2O4. The van der Waals surface area contributed by atoms with Crippen LogP contribution in [-0.2, 0) is 23.4 Å². The Balaban J connectivity index is 1.52. The Kier molecular flexibility index (Phi) is 5.51. The summed E-state index contributed by atoms with van der Waals surface area (Å²) in [4.78, 5) is 46.9. The Morgan fingerprint density at radius 1 is 0.756 bits per heavy atom. The maximum absolute atomic E-state index is 15.0. The number of amides is 2. The van der Waals surface area contributed by atoms with Crippen LogP contribution in [0.4, 0.5) is 5.69 Å². The minimum atomic E-state index is -1.66. The maximum Gasteiger partial charge on any atom is 0.291 e. The summed E-state index contributed by atoms with van der Waals surface area (Å²) in [6.45, 7) is 6.36. The van der Waals surface area contributed by atoms with Crippen molar-refractivity contribution in [1.82, 2.24) is 4.90 Å². The number of aryl methyl sites for hydroxylation is 3. The smallest absolute Gasteiger partial charge is 0.291 e. The van der Waals surface area contributed by atoms with Crippen LogP contribution < -0.4 is 10.3 Å². The van der Waals surface area contributed by atoms with Crippen molar-refractivity contribution in [3.63, 3.8) is 0 Å². The lowest BCUT2D eigenvalue weighted by Gasteiger charge is -2.34. The molecule has 41 heavy (non-hydrogen) atoms. The van der Waals surface area contributed by atoms with Gasteiger partial charge in [-0.05, 0) is 55.7 Å². The van der Waals surface area contributed by atoms with Gasteiger partial charge in [0.1, 0.15) is 5.58 Å². The highest BCUT2D eigenvalue weighted by Gasteiger charge is 2.65. The van der Waals surface area contributed by atoms with E-state index in [-0.39, 0.29) is 29.2 Å². The molecule has 5 aromatic rings. The second-order valence-corrected chi connectivity index (χ2v) is 11.1. The van der Waals surface area contributed by atoms with E-state index in [0.29, 0.717) is 28.8 Å². The summed E-state index contributed by atoms with van der Waals surface area (Å²) >= 11 is 0. The number of anilines is 1. The number of hydrogen-bond acceptors (Lipinski definition) is 4. The average Bonchev–Trinajstić information content (AvgIpc) is 3.36. The second kappa shape index (κ2) is 9.03. The summed E-state index contributed by atoms with van der Waals surface area (Å²) < 4.78 is 6.20. The molecule has 7 rings (SSSR count). The van der Waals surface area contributed by atoms with E-state index in [1.165, 1.54) is 4.90 Å². The molecule has 2 aliphatic heterocycles. The predicted octanol–water partition coefficient (Wildman–Crippen LogP) is 6.16. The van der Waals surface area contributed by atoms with Gasteiger partial charge in [0.2, 0.25) is 5.76 Å². The van der Waals surface area contributed by atoms with Gasteiger partial charge in [0.05, 0.1) is 23.2 Å². The van der Waals surface area contributed by atoms with Crippen LogP contribution >= 0.6 is 0 Å². The van der Waals surface area contributed by atoms with Gasteiger partial charge in [-0.15, -0.1) is 0 Å². The number of carbonyl (C=O) groups is 2. The van der Waals surface area contributed by atoms with E-state index in [4.69, 9.17) is 4.42 Å². The number of hydrogen-bond donors (Lipinski definition) is 0. The zero-order valence-corrected chi connectivity index (χ0v) is 23.1. The fraction of sp³-hybridized carbons (Fsp3) is 0.171. The molecule has 3 heterocycles. The quantitative estimate of drug-likeness (QED) is 0.274. The van der Waals surface area contributed by atoms with Crippen LogP contribution in [0.5, 0.6) is 0 Å². The van der Waals surface area contributed by atoms with Gasteiger partial charge in [0.25, 0.3) is 11.8 Å². The molecule has 6 heteroatoms. The van der Waals surface area contributed by atoms with Crippen molar-refractivity contribution in [1.29, 1.82) is 0 Å². The van der Waals surface area contributed by atoms with Gasteiger partial charge in [-0.2, -0.15) is 0 Å². The Labute approximate surface area is 237 Å². The molecule has 0 bridgehead atoms. The molecule has 0 N–H and O–H groups in total. The molecule has 0 saturated heterocycles. The summed E-state index contributed by atoms with van der Waals surface area (Å²) in [5.74, 6) is -0.874. The largest absolute Gasteiger partial charge is 0.450 e. The van der Waals surface area contributed by atoms with E-state index in [0.717, 1.165) is 27.8 Å². The highest BCUT2D eigenvalue weighted by atomic mass is 16.3. The third kappa shape index (κ3) is 3.53. The fourth-order valence-electron chi connectivity index (χ4n) is 6.32. The van der Waals surface area contributed by atoms with Crippen molar-refractivity contribution in [3.05, 3.63) is 146 Å². The van der Waals surface area contributed by atoms with E-state index < -0.39 is 11.4 Å². The predicted molar refractivity (Wildman–Crippen MR) is 158 cm³/mol. The van der Waals surface area contributed by atoms with Crippen LogP contribution in [-0.4, -0.2) is 16.7 Å². The first-order valence-corrected chi connectivity index (χ1v) is 13.7. The van der Waals surface area contributed by atoms with E-state index in [1.54, 1.807) is 17.0 Å². The topological polar surface area (TPSA) is 70.8 Å². The number of nitrogens with zero attached hydrogens (tertiary/aromatic N) is 2. The molecule has 1 spiro atoms. The van der Waals surface area contributed by atoms with E-state index >= 15 is 0 Å². The van der Waals surface area contributed by atoms with Crippen molar-refractivity contribution in [2.24, 2.45) is 0 Å². The monoisotopic (exact) mass is 540 g/mol. The highest BCUT2D eigenvalue weighted by molar-refractivity contribution is 6.17. The first kappa shape index (κ1) is 25.0. The first-order valence-electron chi connectivity index (χ1n) is 13.7. The number of carbonyl (C=O) groups excluding carboxylic acids is 2. The van der Waals surface area contributed by atoms with Gasteiger partial charge in [-0.3, -0.25) is 14.4 Å². The van der Waals surface area contributed by atoms with Crippen molar-refractivity contribution >= 4 is 28.5 Å². The number of rotatable bonds is 4. The third-order valence-corrected chi connectivity index (χ3v) is 8.44. The summed E-state index contributed by atoms with van der Waals surface area (Å²) in [6, 6.07) is 28.6. The Morgan fingerprint density at radius 3 is 2.24 bits per heavy atom. The van der Waals surface area contributed by atoms with Crippen LogP contribution in [0.15, 0.2) is 100 Å². The minimum absolute atomic E-state index is 0.0700. The van der Waals surface area contributed by atoms with Gasteiger partial charge in [-0.25, -0.2) is 0 Å². The van der Waals surface area contributed by atoms with Crippen LogP contribution in [0.25, 0.3) is 11.0 Å². The van der Waals surface area contributed by atoms with Crippen molar-refractivity contribution in [2.45, 2.75) is 39.4 Å².